The molecular weight excluding hydrogens is 418 g/mol. The van der Waals surface area contributed by atoms with Gasteiger partial charge in [-0.1, -0.05) is 12.1 Å². The lowest BCUT2D eigenvalue weighted by atomic mass is 10.1. The number of rotatable bonds is 9. The molecule has 2 fully saturated rings. The number of carbonyl (C=O) groups is 1. The van der Waals surface area contributed by atoms with Gasteiger partial charge in [0, 0.05) is 38.3 Å². The fraction of sp³-hybridized carbons (Fsp3) is 0.500. The molecule has 0 aliphatic carbocycles. The van der Waals surface area contributed by atoms with Crippen LogP contribution >= 0.6 is 0 Å². The van der Waals surface area contributed by atoms with Crippen molar-refractivity contribution in [2.45, 2.75) is 23.8 Å². The Labute approximate surface area is 183 Å². The molecule has 3 heterocycles. The first-order chi connectivity index (χ1) is 15.1. The number of Topliss-reactive ketones (excluding diaryl/α,β-unsaturated/α-hetero) is 1. The van der Waals surface area contributed by atoms with Crippen LogP contribution in [0, 0.1) is 0 Å². The zero-order valence-corrected chi connectivity index (χ0v) is 18.4. The predicted octanol–water partition coefficient (Wildman–Crippen LogP) is 1.91. The Morgan fingerprint density at radius 1 is 1.03 bits per heavy atom. The molecular formula is C22H29N3O5S. The van der Waals surface area contributed by atoms with Crippen molar-refractivity contribution in [1.82, 2.24) is 14.5 Å². The number of nitrogens with zero attached hydrogens (tertiary/aromatic N) is 2. The van der Waals surface area contributed by atoms with Crippen LogP contribution in [-0.2, 0) is 14.8 Å². The number of sulfonamides is 1. The van der Waals surface area contributed by atoms with E-state index in [1.165, 1.54) is 16.4 Å². The first-order valence-corrected chi connectivity index (χ1v) is 12.2. The van der Waals surface area contributed by atoms with Crippen molar-refractivity contribution < 1.29 is 22.4 Å². The summed E-state index contributed by atoms with van der Waals surface area (Å²) in [5, 5.41) is 3.24. The summed E-state index contributed by atoms with van der Waals surface area (Å²) in [7, 11) is -3.47. The number of ketones is 1. The molecule has 9 heteroatoms. The van der Waals surface area contributed by atoms with E-state index in [0.717, 1.165) is 31.7 Å². The topological polar surface area (TPSA) is 92.1 Å². The zero-order valence-electron chi connectivity index (χ0n) is 17.5. The average molecular weight is 448 g/mol. The maximum atomic E-state index is 12.6. The van der Waals surface area contributed by atoms with Gasteiger partial charge in [-0.3, -0.25) is 9.69 Å². The Kier molecular flexibility index (Phi) is 7.19. The smallest absolute Gasteiger partial charge is 0.243 e. The van der Waals surface area contributed by atoms with E-state index in [1.54, 1.807) is 18.4 Å². The van der Waals surface area contributed by atoms with Crippen LogP contribution in [0.4, 0.5) is 0 Å². The summed E-state index contributed by atoms with van der Waals surface area (Å²) in [5.74, 6) is 0.781. The summed E-state index contributed by atoms with van der Waals surface area (Å²) in [6.07, 6.45) is 3.45. The van der Waals surface area contributed by atoms with Crippen LogP contribution < -0.4 is 5.32 Å². The number of morpholine rings is 1. The number of carbonyl (C=O) groups excluding carboxylic acids is 1. The molecule has 2 saturated heterocycles. The SMILES string of the molecule is O=C(CNCC(c1ccco1)N1CCOCC1)c1ccc(S(=O)(=O)N2CCCC2)cc1. The molecule has 8 nitrogen and oxygen atoms in total. The molecule has 2 aliphatic rings. The van der Waals surface area contributed by atoms with Crippen molar-refractivity contribution in [3.05, 3.63) is 54.0 Å². The van der Waals surface area contributed by atoms with E-state index in [1.807, 2.05) is 12.1 Å². The Balaban J connectivity index is 1.34. The number of hydrogen-bond acceptors (Lipinski definition) is 7. The third-order valence-electron chi connectivity index (χ3n) is 5.86. The average Bonchev–Trinajstić information content (AvgIpc) is 3.52. The van der Waals surface area contributed by atoms with Gasteiger partial charge >= 0.3 is 0 Å². The van der Waals surface area contributed by atoms with Crippen molar-refractivity contribution in [3.8, 4) is 0 Å². The van der Waals surface area contributed by atoms with Crippen molar-refractivity contribution in [1.29, 1.82) is 0 Å². The van der Waals surface area contributed by atoms with Gasteiger partial charge in [0.2, 0.25) is 10.0 Å². The summed E-state index contributed by atoms with van der Waals surface area (Å²) in [5.41, 5.74) is 0.494. The molecule has 0 spiro atoms. The number of furan rings is 1. The highest BCUT2D eigenvalue weighted by molar-refractivity contribution is 7.89. The number of ether oxygens (including phenoxy) is 1. The minimum atomic E-state index is -3.47. The quantitative estimate of drug-likeness (QED) is 0.587. The van der Waals surface area contributed by atoms with Crippen LogP contribution in [0.5, 0.6) is 0 Å². The molecule has 1 N–H and O–H groups in total. The second-order valence-electron chi connectivity index (χ2n) is 7.87. The van der Waals surface area contributed by atoms with E-state index in [2.05, 4.69) is 10.2 Å². The molecule has 168 valence electrons. The number of hydrogen-bond donors (Lipinski definition) is 1. The van der Waals surface area contributed by atoms with Crippen molar-refractivity contribution >= 4 is 15.8 Å². The Hall–Kier alpha value is -2.04. The maximum Gasteiger partial charge on any atom is 0.243 e. The van der Waals surface area contributed by atoms with Gasteiger partial charge < -0.3 is 14.5 Å². The minimum Gasteiger partial charge on any atom is -0.468 e. The van der Waals surface area contributed by atoms with Gasteiger partial charge in [0.25, 0.3) is 0 Å². The van der Waals surface area contributed by atoms with Crippen molar-refractivity contribution in [2.24, 2.45) is 0 Å². The van der Waals surface area contributed by atoms with Crippen LogP contribution in [0.25, 0.3) is 0 Å². The minimum absolute atomic E-state index is 0.0275. The van der Waals surface area contributed by atoms with Gasteiger partial charge in [0.05, 0.1) is 37.0 Å². The van der Waals surface area contributed by atoms with Crippen molar-refractivity contribution in [2.75, 3.05) is 52.5 Å². The summed E-state index contributed by atoms with van der Waals surface area (Å²) < 4.78 is 37.8. The van der Waals surface area contributed by atoms with E-state index in [-0.39, 0.29) is 23.3 Å². The lowest BCUT2D eigenvalue weighted by Gasteiger charge is -2.33. The second-order valence-corrected chi connectivity index (χ2v) is 9.81. The third kappa shape index (κ3) is 5.24. The van der Waals surface area contributed by atoms with E-state index in [9.17, 15) is 13.2 Å². The molecule has 31 heavy (non-hydrogen) atoms. The largest absolute Gasteiger partial charge is 0.468 e. The fourth-order valence-electron chi connectivity index (χ4n) is 4.09. The molecule has 1 aromatic carbocycles. The zero-order chi connectivity index (χ0) is 21.7. The normalized spacial score (nSPS) is 19.5. The Morgan fingerprint density at radius 2 is 1.74 bits per heavy atom. The molecule has 0 radical (unpaired) electrons. The van der Waals surface area contributed by atoms with E-state index < -0.39 is 10.0 Å². The second kappa shape index (κ2) is 10.1. The first kappa shape index (κ1) is 22.2. The number of benzene rings is 1. The van der Waals surface area contributed by atoms with E-state index >= 15 is 0 Å². The van der Waals surface area contributed by atoms with E-state index in [0.29, 0.717) is 38.4 Å². The molecule has 0 bridgehead atoms. The van der Waals surface area contributed by atoms with E-state index in [4.69, 9.17) is 9.15 Å². The van der Waals surface area contributed by atoms with Gasteiger partial charge in [0.1, 0.15) is 5.76 Å². The van der Waals surface area contributed by atoms with Gasteiger partial charge in [-0.15, -0.1) is 0 Å². The third-order valence-corrected chi connectivity index (χ3v) is 7.77. The van der Waals surface area contributed by atoms with Gasteiger partial charge in [-0.2, -0.15) is 4.31 Å². The molecule has 0 saturated carbocycles. The molecule has 0 amide bonds. The molecule has 1 atom stereocenters. The summed E-state index contributed by atoms with van der Waals surface area (Å²) in [4.78, 5) is 15.2. The number of nitrogens with one attached hydrogen (secondary N) is 1. The van der Waals surface area contributed by atoms with Crippen LogP contribution in [-0.4, -0.2) is 75.9 Å². The highest BCUT2D eigenvalue weighted by Crippen LogP contribution is 2.22. The molecule has 1 aromatic heterocycles. The monoisotopic (exact) mass is 447 g/mol. The summed E-state index contributed by atoms with van der Waals surface area (Å²) in [6, 6.07) is 10.1. The molecule has 2 aromatic rings. The van der Waals surface area contributed by atoms with Crippen molar-refractivity contribution in [3.63, 3.8) is 0 Å². The van der Waals surface area contributed by atoms with Gasteiger partial charge in [-0.05, 0) is 37.1 Å². The first-order valence-electron chi connectivity index (χ1n) is 10.7. The molecule has 1 unspecified atom stereocenters. The lowest BCUT2D eigenvalue weighted by molar-refractivity contribution is 0.0118. The summed E-state index contributed by atoms with van der Waals surface area (Å²) in [6.45, 7) is 4.85. The standard InChI is InChI=1S/C22H29N3O5S/c26-21(18-5-7-19(8-6-18)31(27,28)25-9-1-2-10-25)17-23-16-20(22-4-3-13-30-22)24-11-14-29-15-12-24/h3-8,13,20,23H,1-2,9-12,14-17H2. The van der Waals surface area contributed by atoms with Crippen LogP contribution in [0.2, 0.25) is 0 Å². The Bertz CT molecular complexity index is 948. The lowest BCUT2D eigenvalue weighted by Crippen LogP contribution is -2.43. The van der Waals surface area contributed by atoms with Gasteiger partial charge in [0.15, 0.2) is 5.78 Å². The summed E-state index contributed by atoms with van der Waals surface area (Å²) >= 11 is 0. The highest BCUT2D eigenvalue weighted by atomic mass is 32.2. The van der Waals surface area contributed by atoms with Crippen LogP contribution in [0.1, 0.15) is 35.0 Å². The predicted molar refractivity (Wildman–Crippen MR) is 115 cm³/mol. The fourth-order valence-corrected chi connectivity index (χ4v) is 5.61. The highest BCUT2D eigenvalue weighted by Gasteiger charge is 2.27. The van der Waals surface area contributed by atoms with Crippen LogP contribution in [0.15, 0.2) is 52.0 Å². The molecule has 2 aliphatic heterocycles. The molecule has 4 rings (SSSR count). The Morgan fingerprint density at radius 3 is 2.39 bits per heavy atom. The van der Waals surface area contributed by atoms with Crippen LogP contribution in [0.3, 0.4) is 0 Å². The maximum absolute atomic E-state index is 12.6. The van der Waals surface area contributed by atoms with Gasteiger partial charge in [-0.25, -0.2) is 8.42 Å².